The summed E-state index contributed by atoms with van der Waals surface area (Å²) in [6.45, 7) is 0. The summed E-state index contributed by atoms with van der Waals surface area (Å²) in [6.07, 6.45) is 9.88. The Balaban J connectivity index is 2.21. The van der Waals surface area contributed by atoms with Crippen molar-refractivity contribution in [3.63, 3.8) is 0 Å². The number of alkyl halides is 1. The lowest BCUT2D eigenvalue weighted by molar-refractivity contribution is 0.463. The standard InChI is InChI=1S/C10H20ClN/c11-9-5-2-1-3-7-10(12)8-4-6-9/h9-10H,1-8,12H2. The molecule has 0 aliphatic heterocycles. The molecular weight excluding hydrogens is 170 g/mol. The summed E-state index contributed by atoms with van der Waals surface area (Å²) in [6, 6.07) is 0.437. The summed E-state index contributed by atoms with van der Waals surface area (Å²) < 4.78 is 0. The maximum absolute atomic E-state index is 6.13. The fraction of sp³-hybridized carbons (Fsp3) is 1.00. The Morgan fingerprint density at radius 2 is 1.42 bits per heavy atom. The molecule has 0 spiro atoms. The van der Waals surface area contributed by atoms with Crippen molar-refractivity contribution in [2.45, 2.75) is 62.8 Å². The molecule has 1 saturated carbocycles. The lowest BCUT2D eigenvalue weighted by Crippen LogP contribution is -2.20. The molecule has 0 aromatic carbocycles. The van der Waals surface area contributed by atoms with Crippen LogP contribution < -0.4 is 5.73 Å². The van der Waals surface area contributed by atoms with Gasteiger partial charge in [0.05, 0.1) is 0 Å². The van der Waals surface area contributed by atoms with Crippen LogP contribution in [0.5, 0.6) is 0 Å². The van der Waals surface area contributed by atoms with Gasteiger partial charge in [-0.3, -0.25) is 0 Å². The SMILES string of the molecule is NC1CCCCCC(Cl)CCC1. The van der Waals surface area contributed by atoms with E-state index in [4.69, 9.17) is 17.3 Å². The van der Waals surface area contributed by atoms with E-state index in [9.17, 15) is 0 Å². The highest BCUT2D eigenvalue weighted by Crippen LogP contribution is 2.19. The Labute approximate surface area is 80.7 Å². The molecule has 12 heavy (non-hydrogen) atoms. The van der Waals surface area contributed by atoms with E-state index in [1.54, 1.807) is 0 Å². The van der Waals surface area contributed by atoms with E-state index >= 15 is 0 Å². The van der Waals surface area contributed by atoms with Gasteiger partial charge in [0.1, 0.15) is 0 Å². The second-order valence-electron chi connectivity index (χ2n) is 3.93. The van der Waals surface area contributed by atoms with Crippen LogP contribution in [0.3, 0.4) is 0 Å². The van der Waals surface area contributed by atoms with Crippen molar-refractivity contribution in [1.82, 2.24) is 0 Å². The monoisotopic (exact) mass is 189 g/mol. The summed E-state index contributed by atoms with van der Waals surface area (Å²) in [4.78, 5) is 0. The van der Waals surface area contributed by atoms with E-state index in [1.165, 1.54) is 44.9 Å². The van der Waals surface area contributed by atoms with Gasteiger partial charge in [-0.15, -0.1) is 11.6 Å². The first kappa shape index (κ1) is 10.3. The first-order valence-corrected chi connectivity index (χ1v) is 5.62. The minimum absolute atomic E-state index is 0.412. The summed E-state index contributed by atoms with van der Waals surface area (Å²) in [5.41, 5.74) is 5.93. The molecule has 2 heteroatoms. The molecule has 0 radical (unpaired) electrons. The maximum Gasteiger partial charge on any atom is 0.0336 e. The zero-order valence-electron chi connectivity index (χ0n) is 7.77. The van der Waals surface area contributed by atoms with Crippen LogP contribution in [0.15, 0.2) is 0 Å². The lowest BCUT2D eigenvalue weighted by atomic mass is 9.98. The van der Waals surface area contributed by atoms with Crippen LogP contribution in [0.25, 0.3) is 0 Å². The van der Waals surface area contributed by atoms with Gasteiger partial charge < -0.3 is 5.73 Å². The Morgan fingerprint density at radius 3 is 2.25 bits per heavy atom. The van der Waals surface area contributed by atoms with Crippen LogP contribution in [-0.4, -0.2) is 11.4 Å². The van der Waals surface area contributed by atoms with Crippen molar-refractivity contribution in [2.24, 2.45) is 5.73 Å². The fourth-order valence-corrected chi connectivity index (χ4v) is 2.15. The topological polar surface area (TPSA) is 26.0 Å². The van der Waals surface area contributed by atoms with Crippen LogP contribution in [0.4, 0.5) is 0 Å². The van der Waals surface area contributed by atoms with Crippen LogP contribution >= 0.6 is 11.6 Å². The fourth-order valence-electron chi connectivity index (χ4n) is 1.84. The van der Waals surface area contributed by atoms with Crippen molar-refractivity contribution in [2.75, 3.05) is 0 Å². The number of hydrogen-bond acceptors (Lipinski definition) is 1. The molecule has 0 aromatic heterocycles. The van der Waals surface area contributed by atoms with E-state index in [1.807, 2.05) is 0 Å². The van der Waals surface area contributed by atoms with Gasteiger partial charge in [0.15, 0.2) is 0 Å². The summed E-state index contributed by atoms with van der Waals surface area (Å²) in [5.74, 6) is 0. The normalized spacial score (nSPS) is 34.5. The molecule has 72 valence electrons. The van der Waals surface area contributed by atoms with Crippen LogP contribution in [0.2, 0.25) is 0 Å². The molecule has 0 saturated heterocycles. The second kappa shape index (κ2) is 5.82. The number of halogens is 1. The zero-order chi connectivity index (χ0) is 8.81. The molecule has 1 rings (SSSR count). The largest absolute Gasteiger partial charge is 0.328 e. The van der Waals surface area contributed by atoms with Crippen molar-refractivity contribution in [1.29, 1.82) is 0 Å². The minimum Gasteiger partial charge on any atom is -0.328 e. The van der Waals surface area contributed by atoms with Gasteiger partial charge in [-0.2, -0.15) is 0 Å². The quantitative estimate of drug-likeness (QED) is 0.583. The molecular formula is C10H20ClN. The number of rotatable bonds is 0. The van der Waals surface area contributed by atoms with Crippen molar-refractivity contribution in [3.8, 4) is 0 Å². The molecule has 1 fully saturated rings. The van der Waals surface area contributed by atoms with Crippen LogP contribution in [0, 0.1) is 0 Å². The Morgan fingerprint density at radius 1 is 0.833 bits per heavy atom. The molecule has 1 aliphatic rings. The van der Waals surface area contributed by atoms with E-state index in [0.29, 0.717) is 11.4 Å². The zero-order valence-corrected chi connectivity index (χ0v) is 8.52. The van der Waals surface area contributed by atoms with Gasteiger partial charge in [0.25, 0.3) is 0 Å². The van der Waals surface area contributed by atoms with Gasteiger partial charge in [-0.25, -0.2) is 0 Å². The lowest BCUT2D eigenvalue weighted by Gasteiger charge is -2.16. The summed E-state index contributed by atoms with van der Waals surface area (Å²) in [7, 11) is 0. The molecule has 0 bridgehead atoms. The average molecular weight is 190 g/mol. The molecule has 2 unspecified atom stereocenters. The van der Waals surface area contributed by atoms with Gasteiger partial charge in [-0.1, -0.05) is 25.7 Å². The van der Waals surface area contributed by atoms with Crippen molar-refractivity contribution in [3.05, 3.63) is 0 Å². The predicted molar refractivity (Wildman–Crippen MR) is 54.6 cm³/mol. The van der Waals surface area contributed by atoms with Crippen LogP contribution in [-0.2, 0) is 0 Å². The van der Waals surface area contributed by atoms with Gasteiger partial charge in [-0.05, 0) is 25.7 Å². The second-order valence-corrected chi connectivity index (χ2v) is 4.54. The summed E-state index contributed by atoms with van der Waals surface area (Å²) in [5, 5.41) is 0.412. The molecule has 2 atom stereocenters. The highest BCUT2D eigenvalue weighted by molar-refractivity contribution is 6.20. The Kier molecular flexibility index (Phi) is 5.01. The summed E-state index contributed by atoms with van der Waals surface area (Å²) >= 11 is 6.13. The first-order chi connectivity index (χ1) is 5.79. The third-order valence-corrected chi connectivity index (χ3v) is 3.12. The molecule has 0 heterocycles. The minimum atomic E-state index is 0.412. The highest BCUT2D eigenvalue weighted by atomic mass is 35.5. The van der Waals surface area contributed by atoms with E-state index < -0.39 is 0 Å². The smallest absolute Gasteiger partial charge is 0.0336 e. The molecule has 1 nitrogen and oxygen atoms in total. The van der Waals surface area contributed by atoms with Gasteiger partial charge >= 0.3 is 0 Å². The molecule has 0 amide bonds. The maximum atomic E-state index is 6.13. The van der Waals surface area contributed by atoms with Gasteiger partial charge in [0, 0.05) is 11.4 Å². The van der Waals surface area contributed by atoms with Gasteiger partial charge in [0.2, 0.25) is 0 Å². The van der Waals surface area contributed by atoms with Crippen molar-refractivity contribution < 1.29 is 0 Å². The van der Waals surface area contributed by atoms with E-state index in [2.05, 4.69) is 0 Å². The third kappa shape index (κ3) is 4.32. The van der Waals surface area contributed by atoms with E-state index in [-0.39, 0.29) is 0 Å². The molecule has 1 aliphatic carbocycles. The average Bonchev–Trinajstić information content (AvgIpc) is 2.04. The number of nitrogens with two attached hydrogens (primary N) is 1. The highest BCUT2D eigenvalue weighted by Gasteiger charge is 2.09. The van der Waals surface area contributed by atoms with E-state index in [0.717, 1.165) is 6.42 Å². The van der Waals surface area contributed by atoms with Crippen molar-refractivity contribution >= 4 is 11.6 Å². The Bertz CT molecular complexity index is 104. The third-order valence-electron chi connectivity index (χ3n) is 2.68. The number of hydrogen-bond donors (Lipinski definition) is 1. The predicted octanol–water partition coefficient (Wildman–Crippen LogP) is 3.06. The molecule has 2 N–H and O–H groups in total. The Hall–Kier alpha value is 0.250. The van der Waals surface area contributed by atoms with Crippen LogP contribution in [0.1, 0.15) is 51.4 Å². The first-order valence-electron chi connectivity index (χ1n) is 5.18. The molecule has 0 aromatic rings.